The largest absolute Gasteiger partial charge is 0.342 e. The second-order valence-electron chi connectivity index (χ2n) is 8.92. The number of carbonyl (C=O) groups is 3. The molecule has 3 fully saturated rings. The number of amides is 3. The summed E-state index contributed by atoms with van der Waals surface area (Å²) in [5.74, 6) is 0.615. The summed E-state index contributed by atoms with van der Waals surface area (Å²) in [6, 6.07) is 7.64. The summed E-state index contributed by atoms with van der Waals surface area (Å²) in [5.41, 5.74) is 1.74. The van der Waals surface area contributed by atoms with Gasteiger partial charge in [-0.2, -0.15) is 0 Å². The van der Waals surface area contributed by atoms with Crippen molar-refractivity contribution in [3.8, 4) is 0 Å². The van der Waals surface area contributed by atoms with Gasteiger partial charge in [0.05, 0.1) is 0 Å². The molecule has 30 heavy (non-hydrogen) atoms. The summed E-state index contributed by atoms with van der Waals surface area (Å²) in [6.07, 6.45) is 7.79. The minimum atomic E-state index is 0.0412. The van der Waals surface area contributed by atoms with Crippen molar-refractivity contribution in [1.29, 1.82) is 0 Å². The van der Waals surface area contributed by atoms with Crippen molar-refractivity contribution in [2.24, 2.45) is 5.92 Å². The Bertz CT molecular complexity index is 760. The van der Waals surface area contributed by atoms with Crippen LogP contribution in [0.4, 0.5) is 0 Å². The Hall–Kier alpha value is -2.37. The quantitative estimate of drug-likeness (QED) is 0.765. The van der Waals surface area contributed by atoms with Gasteiger partial charge in [-0.15, -0.1) is 0 Å². The van der Waals surface area contributed by atoms with Gasteiger partial charge < -0.3 is 14.7 Å². The molecule has 3 saturated heterocycles. The predicted molar refractivity (Wildman–Crippen MR) is 115 cm³/mol. The van der Waals surface area contributed by atoms with Crippen LogP contribution >= 0.6 is 0 Å². The van der Waals surface area contributed by atoms with Crippen LogP contribution in [-0.2, 0) is 16.1 Å². The van der Waals surface area contributed by atoms with Crippen LogP contribution in [0.25, 0.3) is 0 Å². The van der Waals surface area contributed by atoms with Gasteiger partial charge in [0.2, 0.25) is 11.8 Å². The summed E-state index contributed by atoms with van der Waals surface area (Å²) in [4.78, 5) is 43.4. The van der Waals surface area contributed by atoms with Crippen molar-refractivity contribution < 1.29 is 14.4 Å². The fourth-order valence-electron chi connectivity index (χ4n) is 4.91. The number of rotatable bonds is 4. The molecule has 1 aromatic carbocycles. The molecule has 6 heteroatoms. The SMILES string of the molecule is O=C1CCCN1Cc1ccc(C(=O)N2CCC(C(=O)N3CCCCCC3)CC2)cc1. The fourth-order valence-corrected chi connectivity index (χ4v) is 4.91. The van der Waals surface area contributed by atoms with Gasteiger partial charge in [0.1, 0.15) is 0 Å². The monoisotopic (exact) mass is 411 g/mol. The third kappa shape index (κ3) is 4.85. The molecule has 0 saturated carbocycles. The minimum absolute atomic E-state index is 0.0412. The molecular formula is C24H33N3O3. The van der Waals surface area contributed by atoms with Gasteiger partial charge in [0, 0.05) is 57.2 Å². The van der Waals surface area contributed by atoms with Crippen molar-refractivity contribution >= 4 is 17.7 Å². The van der Waals surface area contributed by atoms with Crippen LogP contribution in [0.2, 0.25) is 0 Å². The van der Waals surface area contributed by atoms with Gasteiger partial charge in [-0.3, -0.25) is 14.4 Å². The molecule has 6 nitrogen and oxygen atoms in total. The van der Waals surface area contributed by atoms with Crippen LogP contribution < -0.4 is 0 Å². The average Bonchev–Trinajstić information content (AvgIpc) is 3.02. The number of carbonyl (C=O) groups excluding carboxylic acids is 3. The van der Waals surface area contributed by atoms with Crippen LogP contribution in [0.15, 0.2) is 24.3 Å². The van der Waals surface area contributed by atoms with E-state index in [-0.39, 0.29) is 17.7 Å². The molecule has 0 unspecified atom stereocenters. The summed E-state index contributed by atoms with van der Waals surface area (Å²) < 4.78 is 0. The minimum Gasteiger partial charge on any atom is -0.342 e. The zero-order valence-electron chi connectivity index (χ0n) is 17.9. The van der Waals surface area contributed by atoms with E-state index in [1.807, 2.05) is 34.1 Å². The summed E-state index contributed by atoms with van der Waals surface area (Å²) >= 11 is 0. The highest BCUT2D eigenvalue weighted by atomic mass is 16.2. The third-order valence-corrected chi connectivity index (χ3v) is 6.79. The van der Waals surface area contributed by atoms with E-state index in [1.54, 1.807) is 0 Å². The molecule has 0 N–H and O–H groups in total. The van der Waals surface area contributed by atoms with E-state index in [2.05, 4.69) is 4.90 Å². The molecule has 0 spiro atoms. The molecule has 4 rings (SSSR count). The highest BCUT2D eigenvalue weighted by Crippen LogP contribution is 2.23. The second kappa shape index (κ2) is 9.63. The first-order valence-electron chi connectivity index (χ1n) is 11.6. The zero-order valence-corrected chi connectivity index (χ0v) is 17.9. The summed E-state index contributed by atoms with van der Waals surface area (Å²) in [6.45, 7) is 4.53. The lowest BCUT2D eigenvalue weighted by molar-refractivity contribution is -0.136. The van der Waals surface area contributed by atoms with Gasteiger partial charge in [0.25, 0.3) is 5.91 Å². The summed E-state index contributed by atoms with van der Waals surface area (Å²) in [7, 11) is 0. The predicted octanol–water partition coefficient (Wildman–Crippen LogP) is 3.06. The Kier molecular flexibility index (Phi) is 6.70. The maximum atomic E-state index is 12.9. The molecule has 162 valence electrons. The van der Waals surface area contributed by atoms with Crippen molar-refractivity contribution in [3.05, 3.63) is 35.4 Å². The van der Waals surface area contributed by atoms with Crippen molar-refractivity contribution in [3.63, 3.8) is 0 Å². The summed E-state index contributed by atoms with van der Waals surface area (Å²) in [5, 5.41) is 0. The molecule has 1 aromatic rings. The van der Waals surface area contributed by atoms with Gasteiger partial charge in [0.15, 0.2) is 0 Å². The van der Waals surface area contributed by atoms with Gasteiger partial charge in [-0.25, -0.2) is 0 Å². The molecule has 0 radical (unpaired) electrons. The average molecular weight is 412 g/mol. The third-order valence-electron chi connectivity index (χ3n) is 6.79. The van der Waals surface area contributed by atoms with E-state index in [9.17, 15) is 14.4 Å². The van der Waals surface area contributed by atoms with E-state index in [0.717, 1.165) is 57.3 Å². The second-order valence-corrected chi connectivity index (χ2v) is 8.92. The number of nitrogens with zero attached hydrogens (tertiary/aromatic N) is 3. The highest BCUT2D eigenvalue weighted by molar-refractivity contribution is 5.94. The number of hydrogen-bond acceptors (Lipinski definition) is 3. The van der Waals surface area contributed by atoms with Crippen LogP contribution in [0.5, 0.6) is 0 Å². The van der Waals surface area contributed by atoms with Gasteiger partial charge in [-0.05, 0) is 49.8 Å². The molecule has 0 aliphatic carbocycles. The van der Waals surface area contributed by atoms with Crippen LogP contribution in [0, 0.1) is 5.92 Å². The molecule has 3 aliphatic heterocycles. The van der Waals surface area contributed by atoms with E-state index >= 15 is 0 Å². The molecule has 0 aromatic heterocycles. The van der Waals surface area contributed by atoms with Crippen molar-refractivity contribution in [2.45, 2.75) is 57.9 Å². The number of piperidine rings is 1. The van der Waals surface area contributed by atoms with Gasteiger partial charge >= 0.3 is 0 Å². The Labute approximate surface area is 179 Å². The van der Waals surface area contributed by atoms with E-state index in [4.69, 9.17) is 0 Å². The van der Waals surface area contributed by atoms with Crippen molar-refractivity contribution in [1.82, 2.24) is 14.7 Å². The fraction of sp³-hybridized carbons (Fsp3) is 0.625. The Balaban J connectivity index is 1.28. The lowest BCUT2D eigenvalue weighted by Crippen LogP contribution is -2.44. The Morgan fingerprint density at radius 1 is 0.800 bits per heavy atom. The topological polar surface area (TPSA) is 60.9 Å². The molecule has 0 bridgehead atoms. The number of hydrogen-bond donors (Lipinski definition) is 0. The maximum Gasteiger partial charge on any atom is 0.253 e. The number of likely N-dealkylation sites (tertiary alicyclic amines) is 3. The first-order chi connectivity index (χ1) is 14.6. The lowest BCUT2D eigenvalue weighted by atomic mass is 9.94. The first kappa shape index (κ1) is 20.9. The Morgan fingerprint density at radius 3 is 2.07 bits per heavy atom. The highest BCUT2D eigenvalue weighted by Gasteiger charge is 2.30. The molecule has 0 atom stereocenters. The van der Waals surface area contributed by atoms with Crippen LogP contribution in [-0.4, -0.2) is 65.1 Å². The maximum absolute atomic E-state index is 12.9. The standard InChI is InChI=1S/C24H33N3O3/c28-22-6-5-15-27(22)18-19-7-9-20(10-8-19)23(29)26-16-11-21(12-17-26)24(30)25-13-3-1-2-4-14-25/h7-10,21H,1-6,11-18H2. The first-order valence-corrected chi connectivity index (χ1v) is 11.6. The van der Waals surface area contributed by atoms with E-state index < -0.39 is 0 Å². The lowest BCUT2D eigenvalue weighted by Gasteiger charge is -2.34. The molecular weight excluding hydrogens is 378 g/mol. The zero-order chi connectivity index (χ0) is 20.9. The number of benzene rings is 1. The van der Waals surface area contributed by atoms with Gasteiger partial charge in [-0.1, -0.05) is 25.0 Å². The van der Waals surface area contributed by atoms with E-state index in [1.165, 1.54) is 12.8 Å². The van der Waals surface area contributed by atoms with Crippen molar-refractivity contribution in [2.75, 3.05) is 32.7 Å². The normalized spacial score (nSPS) is 21.1. The molecule has 3 heterocycles. The van der Waals surface area contributed by atoms with E-state index in [0.29, 0.717) is 37.5 Å². The van der Waals surface area contributed by atoms with Crippen LogP contribution in [0.1, 0.15) is 67.3 Å². The van der Waals surface area contributed by atoms with Crippen LogP contribution in [0.3, 0.4) is 0 Å². The molecule has 3 aliphatic rings. The Morgan fingerprint density at radius 2 is 1.47 bits per heavy atom. The molecule has 3 amide bonds. The smallest absolute Gasteiger partial charge is 0.253 e.